The molecule has 3 rings (SSSR count). The molecule has 3 heteroatoms. The quantitative estimate of drug-likeness (QED) is 0.835. The number of benzene rings is 1. The molecule has 1 aromatic carbocycles. The zero-order chi connectivity index (χ0) is 13.1. The second-order valence-corrected chi connectivity index (χ2v) is 4.86. The van der Waals surface area contributed by atoms with E-state index >= 15 is 0 Å². The number of hydrogen-bond donors (Lipinski definition) is 0. The van der Waals surface area contributed by atoms with E-state index in [9.17, 15) is 0 Å². The number of rotatable bonds is 4. The highest BCUT2D eigenvalue weighted by Gasteiger charge is 2.29. The van der Waals surface area contributed by atoms with Gasteiger partial charge in [0, 0.05) is 18.8 Å². The van der Waals surface area contributed by atoms with E-state index in [0.717, 1.165) is 12.4 Å². The largest absolute Gasteiger partial charge is 0.349 e. The Hall–Kier alpha value is -2.34. The second-order valence-electron chi connectivity index (χ2n) is 4.86. The summed E-state index contributed by atoms with van der Waals surface area (Å²) >= 11 is 0. The molecule has 94 valence electrons. The van der Waals surface area contributed by atoms with Gasteiger partial charge < -0.3 is 4.90 Å². The van der Waals surface area contributed by atoms with E-state index in [1.165, 1.54) is 18.4 Å². The van der Waals surface area contributed by atoms with Crippen molar-refractivity contribution in [1.29, 1.82) is 5.26 Å². The van der Waals surface area contributed by atoms with Gasteiger partial charge in [-0.1, -0.05) is 30.3 Å². The normalized spacial score (nSPS) is 13.8. The van der Waals surface area contributed by atoms with Gasteiger partial charge in [-0.3, -0.25) is 0 Å². The van der Waals surface area contributed by atoms with Crippen molar-refractivity contribution in [2.24, 2.45) is 0 Å². The summed E-state index contributed by atoms with van der Waals surface area (Å²) in [7, 11) is 0. The first kappa shape index (κ1) is 11.7. The van der Waals surface area contributed by atoms with Crippen LogP contribution in [-0.4, -0.2) is 11.0 Å². The summed E-state index contributed by atoms with van der Waals surface area (Å²) in [4.78, 5) is 6.74. The molecule has 1 aromatic heterocycles. The van der Waals surface area contributed by atoms with Crippen LogP contribution in [0.25, 0.3) is 0 Å². The van der Waals surface area contributed by atoms with Crippen molar-refractivity contribution < 1.29 is 0 Å². The first-order chi connectivity index (χ1) is 9.36. The van der Waals surface area contributed by atoms with Gasteiger partial charge >= 0.3 is 0 Å². The lowest BCUT2D eigenvalue weighted by atomic mass is 10.2. The topological polar surface area (TPSA) is 39.9 Å². The Bertz CT molecular complexity index is 580. The van der Waals surface area contributed by atoms with Gasteiger partial charge in [-0.2, -0.15) is 5.26 Å². The number of nitrogens with zero attached hydrogens (tertiary/aromatic N) is 3. The Kier molecular flexibility index (Phi) is 3.16. The van der Waals surface area contributed by atoms with Crippen LogP contribution in [0.5, 0.6) is 0 Å². The van der Waals surface area contributed by atoms with Crippen LogP contribution < -0.4 is 4.90 Å². The molecular formula is C16H15N3. The zero-order valence-corrected chi connectivity index (χ0v) is 10.7. The fourth-order valence-corrected chi connectivity index (χ4v) is 2.19. The van der Waals surface area contributed by atoms with Crippen LogP contribution in [0.3, 0.4) is 0 Å². The third-order valence-electron chi connectivity index (χ3n) is 3.35. The molecule has 1 aliphatic carbocycles. The highest BCUT2D eigenvalue weighted by molar-refractivity contribution is 5.45. The third-order valence-corrected chi connectivity index (χ3v) is 3.35. The zero-order valence-electron chi connectivity index (χ0n) is 10.7. The van der Waals surface area contributed by atoms with Gasteiger partial charge in [0.15, 0.2) is 0 Å². The molecule has 0 saturated heterocycles. The minimum absolute atomic E-state index is 0.598. The van der Waals surface area contributed by atoms with Crippen molar-refractivity contribution in [3.8, 4) is 6.07 Å². The van der Waals surface area contributed by atoms with Gasteiger partial charge in [0.05, 0.1) is 5.56 Å². The maximum atomic E-state index is 8.82. The Morgan fingerprint density at radius 2 is 1.95 bits per heavy atom. The van der Waals surface area contributed by atoms with E-state index in [1.54, 1.807) is 6.20 Å². The standard InChI is InChI=1S/C16H15N3/c17-10-14-6-9-16(18-11-14)19(15-7-8-15)12-13-4-2-1-3-5-13/h1-6,9,11,15H,7-8,12H2. The average molecular weight is 249 g/mol. The second kappa shape index (κ2) is 5.11. The Balaban J connectivity index is 1.82. The minimum Gasteiger partial charge on any atom is -0.349 e. The molecular weight excluding hydrogens is 234 g/mol. The molecule has 0 aliphatic heterocycles. The van der Waals surface area contributed by atoms with E-state index in [-0.39, 0.29) is 0 Å². The van der Waals surface area contributed by atoms with Crippen LogP contribution in [0.15, 0.2) is 48.7 Å². The Morgan fingerprint density at radius 1 is 1.16 bits per heavy atom. The molecule has 0 unspecified atom stereocenters. The maximum absolute atomic E-state index is 8.82. The maximum Gasteiger partial charge on any atom is 0.129 e. The molecule has 3 nitrogen and oxygen atoms in total. The summed E-state index contributed by atoms with van der Waals surface area (Å²) in [6.45, 7) is 0.879. The predicted octanol–water partition coefficient (Wildman–Crippen LogP) is 3.12. The molecule has 1 heterocycles. The predicted molar refractivity (Wildman–Crippen MR) is 74.6 cm³/mol. The van der Waals surface area contributed by atoms with Crippen LogP contribution in [0, 0.1) is 11.3 Å². The number of anilines is 1. The van der Waals surface area contributed by atoms with Gasteiger partial charge in [0.25, 0.3) is 0 Å². The smallest absolute Gasteiger partial charge is 0.129 e. The van der Waals surface area contributed by atoms with Gasteiger partial charge in [0.1, 0.15) is 11.9 Å². The van der Waals surface area contributed by atoms with Crippen molar-refractivity contribution in [2.45, 2.75) is 25.4 Å². The van der Waals surface area contributed by atoms with Crippen molar-refractivity contribution in [1.82, 2.24) is 4.98 Å². The van der Waals surface area contributed by atoms with Gasteiger partial charge in [-0.15, -0.1) is 0 Å². The summed E-state index contributed by atoms with van der Waals surface area (Å²) in [6.07, 6.45) is 4.11. The van der Waals surface area contributed by atoms with Crippen LogP contribution in [0.4, 0.5) is 5.82 Å². The van der Waals surface area contributed by atoms with E-state index in [1.807, 2.05) is 18.2 Å². The highest BCUT2D eigenvalue weighted by atomic mass is 15.2. The molecule has 0 N–H and O–H groups in total. The van der Waals surface area contributed by atoms with Crippen molar-refractivity contribution in [3.63, 3.8) is 0 Å². The first-order valence-corrected chi connectivity index (χ1v) is 6.53. The fourth-order valence-electron chi connectivity index (χ4n) is 2.19. The summed E-state index contributed by atoms with van der Waals surface area (Å²) in [5, 5.41) is 8.82. The van der Waals surface area contributed by atoms with Gasteiger partial charge in [0.2, 0.25) is 0 Å². The monoisotopic (exact) mass is 249 g/mol. The molecule has 2 aromatic rings. The number of aromatic nitrogens is 1. The van der Waals surface area contributed by atoms with Crippen LogP contribution in [-0.2, 0) is 6.54 Å². The molecule has 19 heavy (non-hydrogen) atoms. The summed E-state index contributed by atoms with van der Waals surface area (Å²) in [6, 6.07) is 16.9. The number of hydrogen-bond acceptors (Lipinski definition) is 3. The van der Waals surface area contributed by atoms with Crippen LogP contribution in [0.2, 0.25) is 0 Å². The lowest BCUT2D eigenvalue weighted by Gasteiger charge is -2.23. The first-order valence-electron chi connectivity index (χ1n) is 6.53. The third kappa shape index (κ3) is 2.74. The number of pyridine rings is 1. The van der Waals surface area contributed by atoms with Crippen molar-refractivity contribution in [3.05, 3.63) is 59.8 Å². The molecule has 1 aliphatic rings. The number of nitriles is 1. The summed E-state index contributed by atoms with van der Waals surface area (Å²) in [5.41, 5.74) is 1.90. The van der Waals surface area contributed by atoms with Crippen molar-refractivity contribution in [2.75, 3.05) is 4.90 Å². The van der Waals surface area contributed by atoms with E-state index in [0.29, 0.717) is 11.6 Å². The molecule has 1 fully saturated rings. The molecule has 1 saturated carbocycles. The van der Waals surface area contributed by atoms with E-state index < -0.39 is 0 Å². The minimum atomic E-state index is 0.598. The van der Waals surface area contributed by atoms with Crippen LogP contribution in [0.1, 0.15) is 24.0 Å². The van der Waals surface area contributed by atoms with Crippen molar-refractivity contribution >= 4 is 5.82 Å². The average Bonchev–Trinajstić information content (AvgIpc) is 3.31. The van der Waals surface area contributed by atoms with Crippen LogP contribution >= 0.6 is 0 Å². The molecule has 0 spiro atoms. The van der Waals surface area contributed by atoms with E-state index in [4.69, 9.17) is 5.26 Å². The Labute approximate surface area is 113 Å². The molecule has 0 amide bonds. The Morgan fingerprint density at radius 3 is 2.53 bits per heavy atom. The van der Waals surface area contributed by atoms with E-state index in [2.05, 4.69) is 40.2 Å². The SMILES string of the molecule is N#Cc1ccc(N(Cc2ccccc2)C2CC2)nc1. The highest BCUT2D eigenvalue weighted by Crippen LogP contribution is 2.31. The molecule has 0 bridgehead atoms. The van der Waals surface area contributed by atoms with Gasteiger partial charge in [-0.25, -0.2) is 4.98 Å². The molecule has 0 atom stereocenters. The summed E-state index contributed by atoms with van der Waals surface area (Å²) in [5.74, 6) is 0.963. The lowest BCUT2D eigenvalue weighted by molar-refractivity contribution is 0.778. The molecule has 0 radical (unpaired) electrons. The summed E-state index contributed by atoms with van der Waals surface area (Å²) < 4.78 is 0. The lowest BCUT2D eigenvalue weighted by Crippen LogP contribution is -2.25. The van der Waals surface area contributed by atoms with Gasteiger partial charge in [-0.05, 0) is 30.5 Å². The fraction of sp³-hybridized carbons (Fsp3) is 0.250.